The number of sulfone groups is 1. The molecule has 2 aliphatic heterocycles. The summed E-state index contributed by atoms with van der Waals surface area (Å²) in [7, 11) is -3.51. The van der Waals surface area contributed by atoms with Crippen molar-refractivity contribution in [2.45, 2.75) is 26.3 Å². The number of thiophene rings is 1. The Bertz CT molecular complexity index is 855. The minimum Gasteiger partial charge on any atom is -0.378 e. The molecule has 3 rings (SSSR count). The summed E-state index contributed by atoms with van der Waals surface area (Å²) in [5, 5.41) is 1.19. The molecule has 3 heterocycles. The van der Waals surface area contributed by atoms with E-state index in [1.54, 1.807) is 17.9 Å². The smallest absolute Gasteiger partial charge is 0.245 e. The number of hydrogen-bond donors (Lipinski definition) is 0. The zero-order valence-electron chi connectivity index (χ0n) is 16.2. The van der Waals surface area contributed by atoms with Crippen molar-refractivity contribution in [3.63, 3.8) is 0 Å². The van der Waals surface area contributed by atoms with Gasteiger partial charge in [0.2, 0.25) is 11.8 Å². The predicted molar refractivity (Wildman–Crippen MR) is 109 cm³/mol. The van der Waals surface area contributed by atoms with E-state index in [0.29, 0.717) is 39.3 Å². The van der Waals surface area contributed by atoms with Crippen LogP contribution in [0.3, 0.4) is 0 Å². The highest BCUT2D eigenvalue weighted by Gasteiger charge is 2.39. The second kappa shape index (κ2) is 8.75. The molecule has 1 aromatic rings. The number of amides is 2. The Hall–Kier alpha value is -1.71. The number of carbonyl (C=O) groups is 2. The van der Waals surface area contributed by atoms with Crippen LogP contribution in [-0.4, -0.2) is 74.7 Å². The van der Waals surface area contributed by atoms with E-state index in [1.807, 2.05) is 19.1 Å². The Morgan fingerprint density at radius 1 is 1.32 bits per heavy atom. The van der Waals surface area contributed by atoms with Crippen LogP contribution >= 0.6 is 11.3 Å². The van der Waals surface area contributed by atoms with Gasteiger partial charge in [-0.05, 0) is 38.5 Å². The van der Waals surface area contributed by atoms with Gasteiger partial charge >= 0.3 is 0 Å². The molecule has 2 atom stereocenters. The highest BCUT2D eigenvalue weighted by atomic mass is 32.2. The van der Waals surface area contributed by atoms with Crippen LogP contribution in [0.1, 0.15) is 23.1 Å². The third kappa shape index (κ3) is 5.01. The maximum atomic E-state index is 12.7. The minimum atomic E-state index is -3.51. The van der Waals surface area contributed by atoms with Crippen molar-refractivity contribution in [3.05, 3.63) is 27.3 Å². The van der Waals surface area contributed by atoms with Crippen LogP contribution in [-0.2, 0) is 24.2 Å². The van der Waals surface area contributed by atoms with Gasteiger partial charge in [-0.2, -0.15) is 0 Å². The van der Waals surface area contributed by atoms with Crippen LogP contribution in [0.4, 0.5) is 0 Å². The average molecular weight is 427 g/mol. The molecule has 2 aliphatic rings. The largest absolute Gasteiger partial charge is 0.378 e. The van der Waals surface area contributed by atoms with Gasteiger partial charge in [0.15, 0.2) is 9.84 Å². The molecule has 9 heteroatoms. The molecule has 0 aliphatic carbocycles. The molecule has 2 saturated heterocycles. The number of carbonyl (C=O) groups excluding carboxylic acids is 2. The summed E-state index contributed by atoms with van der Waals surface area (Å²) in [5.74, 6) is -1.17. The third-order valence-corrected chi connectivity index (χ3v) is 7.52. The molecule has 0 N–H and O–H groups in total. The number of aryl methyl sites for hydroxylation is 1. The standard InChI is InChI=1S/C19H26N2O5S2/c1-14-3-4-17(27-14)6-12-28(24,25)13-16-5-7-21(19(16)23)15(2)18(22)20-8-10-26-11-9-20/h3-4,6,12,15-16H,5,7-11,13H2,1-2H3/b12-6+/t15-,16+/m0/s1. The Balaban J connectivity index is 1.59. The molecule has 7 nitrogen and oxygen atoms in total. The van der Waals surface area contributed by atoms with Gasteiger partial charge in [0.05, 0.1) is 24.9 Å². The minimum absolute atomic E-state index is 0.104. The van der Waals surface area contributed by atoms with Gasteiger partial charge in [-0.1, -0.05) is 0 Å². The van der Waals surface area contributed by atoms with Crippen molar-refractivity contribution in [3.8, 4) is 0 Å². The van der Waals surface area contributed by atoms with Gasteiger partial charge < -0.3 is 14.5 Å². The predicted octanol–water partition coefficient (Wildman–Crippen LogP) is 1.54. The summed E-state index contributed by atoms with van der Waals surface area (Å²) < 4.78 is 30.1. The molecule has 0 radical (unpaired) electrons. The van der Waals surface area contributed by atoms with Crippen LogP contribution < -0.4 is 0 Å². The number of hydrogen-bond acceptors (Lipinski definition) is 6. The van der Waals surface area contributed by atoms with Crippen LogP contribution in [0.25, 0.3) is 6.08 Å². The van der Waals surface area contributed by atoms with Crippen LogP contribution in [0.2, 0.25) is 0 Å². The van der Waals surface area contributed by atoms with Gasteiger partial charge in [0.1, 0.15) is 6.04 Å². The fraction of sp³-hybridized carbons (Fsp3) is 0.579. The van der Waals surface area contributed by atoms with Gasteiger partial charge in [-0.3, -0.25) is 9.59 Å². The Labute approximate surface area is 169 Å². The summed E-state index contributed by atoms with van der Waals surface area (Å²) in [6.45, 7) is 6.14. The molecule has 1 aromatic heterocycles. The highest BCUT2D eigenvalue weighted by Crippen LogP contribution is 2.24. The molecular formula is C19H26N2O5S2. The van der Waals surface area contributed by atoms with Crippen molar-refractivity contribution < 1.29 is 22.7 Å². The third-order valence-electron chi connectivity index (χ3n) is 5.13. The fourth-order valence-corrected chi connectivity index (χ4v) is 5.73. The van der Waals surface area contributed by atoms with E-state index in [-0.39, 0.29) is 17.6 Å². The maximum Gasteiger partial charge on any atom is 0.245 e. The Morgan fingerprint density at radius 2 is 2.04 bits per heavy atom. The lowest BCUT2D eigenvalue weighted by molar-refractivity contribution is -0.146. The van der Waals surface area contributed by atoms with Crippen molar-refractivity contribution >= 4 is 39.1 Å². The number of likely N-dealkylation sites (tertiary alicyclic amines) is 1. The van der Waals surface area contributed by atoms with Crippen molar-refractivity contribution in [1.82, 2.24) is 9.80 Å². The van der Waals surface area contributed by atoms with Crippen molar-refractivity contribution in [1.29, 1.82) is 0 Å². The molecule has 28 heavy (non-hydrogen) atoms. The normalized spacial score (nSPS) is 22.2. The van der Waals surface area contributed by atoms with E-state index >= 15 is 0 Å². The monoisotopic (exact) mass is 426 g/mol. The van der Waals surface area contributed by atoms with Gasteiger partial charge in [-0.25, -0.2) is 8.42 Å². The van der Waals surface area contributed by atoms with E-state index in [1.165, 1.54) is 21.6 Å². The first-order valence-corrected chi connectivity index (χ1v) is 11.9. The van der Waals surface area contributed by atoms with E-state index in [4.69, 9.17) is 4.74 Å². The van der Waals surface area contributed by atoms with Gasteiger partial charge in [0, 0.05) is 34.8 Å². The second-order valence-corrected chi connectivity index (χ2v) is 10.5. The van der Waals surface area contributed by atoms with Gasteiger partial charge in [0.25, 0.3) is 0 Å². The molecule has 0 bridgehead atoms. The maximum absolute atomic E-state index is 12.7. The first-order valence-electron chi connectivity index (χ1n) is 9.41. The summed E-state index contributed by atoms with van der Waals surface area (Å²) in [6.07, 6.45) is 2.03. The van der Waals surface area contributed by atoms with Crippen LogP contribution in [0, 0.1) is 12.8 Å². The quantitative estimate of drug-likeness (QED) is 0.689. The Morgan fingerprint density at radius 3 is 2.68 bits per heavy atom. The SMILES string of the molecule is Cc1ccc(/C=C/S(=O)(=O)C[C@H]2CCN([C@@H](C)C(=O)N3CCOCC3)C2=O)s1. The molecule has 0 unspecified atom stereocenters. The summed E-state index contributed by atoms with van der Waals surface area (Å²) in [5.41, 5.74) is 0. The zero-order valence-corrected chi connectivity index (χ0v) is 17.8. The van der Waals surface area contributed by atoms with E-state index in [2.05, 4.69) is 0 Å². The molecule has 0 spiro atoms. The summed E-state index contributed by atoms with van der Waals surface area (Å²) in [6, 6.07) is 3.22. The fourth-order valence-electron chi connectivity index (χ4n) is 3.53. The molecule has 2 amide bonds. The molecule has 154 valence electrons. The van der Waals surface area contributed by atoms with Crippen molar-refractivity contribution in [2.24, 2.45) is 5.92 Å². The molecule has 0 aromatic carbocycles. The van der Waals surface area contributed by atoms with E-state index < -0.39 is 21.8 Å². The number of nitrogens with zero attached hydrogens (tertiary/aromatic N) is 2. The summed E-state index contributed by atoms with van der Waals surface area (Å²) >= 11 is 1.52. The molecule has 0 saturated carbocycles. The van der Waals surface area contributed by atoms with E-state index in [0.717, 1.165) is 9.75 Å². The number of rotatable bonds is 6. The second-order valence-electron chi connectivity index (χ2n) is 7.21. The van der Waals surface area contributed by atoms with Crippen molar-refractivity contribution in [2.75, 3.05) is 38.6 Å². The first kappa shape index (κ1) is 21.0. The van der Waals surface area contributed by atoms with Crippen LogP contribution in [0.5, 0.6) is 0 Å². The lowest BCUT2D eigenvalue weighted by Gasteiger charge is -2.32. The highest BCUT2D eigenvalue weighted by molar-refractivity contribution is 7.94. The molecular weight excluding hydrogens is 400 g/mol. The summed E-state index contributed by atoms with van der Waals surface area (Å²) in [4.78, 5) is 30.6. The van der Waals surface area contributed by atoms with Gasteiger partial charge in [-0.15, -0.1) is 11.3 Å². The molecule has 2 fully saturated rings. The lowest BCUT2D eigenvalue weighted by Crippen LogP contribution is -2.51. The first-order chi connectivity index (χ1) is 13.3. The Kier molecular flexibility index (Phi) is 6.57. The average Bonchev–Trinajstić information content (AvgIpc) is 3.25. The number of ether oxygens (including phenoxy) is 1. The lowest BCUT2D eigenvalue weighted by atomic mass is 10.1. The van der Waals surface area contributed by atoms with Crippen LogP contribution in [0.15, 0.2) is 17.5 Å². The van der Waals surface area contributed by atoms with E-state index in [9.17, 15) is 18.0 Å². The zero-order chi connectivity index (χ0) is 20.3. The number of morpholine rings is 1. The topological polar surface area (TPSA) is 84.0 Å².